The molecule has 202 valence electrons. The van der Waals surface area contributed by atoms with Crippen LogP contribution in [0.2, 0.25) is 0 Å². The summed E-state index contributed by atoms with van der Waals surface area (Å²) in [6.07, 6.45) is 14.1. The Hall–Kier alpha value is -3.40. The van der Waals surface area contributed by atoms with Gasteiger partial charge in [0, 0.05) is 30.4 Å². The molecule has 1 fully saturated rings. The molecular weight excluding hydrogens is 478 g/mol. The fraction of sp³-hybridized carbons (Fsp3) is 0.429. The number of fused-ring (bicyclic) bond motifs is 3. The number of benzene rings is 2. The molecule has 0 saturated heterocycles. The monoisotopic (exact) mass is 519 g/mol. The molecule has 0 radical (unpaired) electrons. The van der Waals surface area contributed by atoms with E-state index in [1.54, 1.807) is 0 Å². The molecule has 4 heteroatoms. The average Bonchev–Trinajstić information content (AvgIpc) is 3.10. The molecule has 2 aromatic heterocycles. The van der Waals surface area contributed by atoms with Crippen molar-refractivity contribution in [3.05, 3.63) is 100 Å². The minimum atomic E-state index is -0.0923. The summed E-state index contributed by atoms with van der Waals surface area (Å²) in [5.74, 6) is 0.482. The van der Waals surface area contributed by atoms with Crippen molar-refractivity contribution < 1.29 is 4.79 Å². The van der Waals surface area contributed by atoms with Gasteiger partial charge in [-0.15, -0.1) is 0 Å². The SMILES string of the molecule is Cc1ccnc2c1c1c(n2Cc2ccc(C(C(=O)NCc3ccccc3)C3CCCCCC3)cc2)CCCC1. The lowest BCUT2D eigenvalue weighted by atomic mass is 9.80. The van der Waals surface area contributed by atoms with E-state index < -0.39 is 0 Å². The fourth-order valence-corrected chi connectivity index (χ4v) is 7.07. The molecule has 0 spiro atoms. The molecule has 0 bridgehead atoms. The van der Waals surface area contributed by atoms with Gasteiger partial charge >= 0.3 is 0 Å². The lowest BCUT2D eigenvalue weighted by Gasteiger charge is -2.26. The van der Waals surface area contributed by atoms with Gasteiger partial charge in [-0.3, -0.25) is 4.79 Å². The normalized spacial score (nSPS) is 16.9. The van der Waals surface area contributed by atoms with Gasteiger partial charge in [-0.2, -0.15) is 0 Å². The zero-order chi connectivity index (χ0) is 26.6. The summed E-state index contributed by atoms with van der Waals surface area (Å²) < 4.78 is 2.46. The lowest BCUT2D eigenvalue weighted by molar-refractivity contribution is -0.124. The summed E-state index contributed by atoms with van der Waals surface area (Å²) in [4.78, 5) is 18.5. The van der Waals surface area contributed by atoms with Crippen molar-refractivity contribution >= 4 is 16.9 Å². The number of hydrogen-bond donors (Lipinski definition) is 1. The van der Waals surface area contributed by atoms with Crippen LogP contribution in [0.25, 0.3) is 11.0 Å². The van der Waals surface area contributed by atoms with Crippen LogP contribution in [0.4, 0.5) is 0 Å². The van der Waals surface area contributed by atoms with Crippen molar-refractivity contribution in [3.63, 3.8) is 0 Å². The largest absolute Gasteiger partial charge is 0.351 e. The molecule has 0 aliphatic heterocycles. The minimum Gasteiger partial charge on any atom is -0.351 e. The van der Waals surface area contributed by atoms with Gasteiger partial charge < -0.3 is 9.88 Å². The lowest BCUT2D eigenvalue weighted by Crippen LogP contribution is -2.33. The Kier molecular flexibility index (Phi) is 7.81. The van der Waals surface area contributed by atoms with E-state index in [4.69, 9.17) is 4.98 Å². The third kappa shape index (κ3) is 5.52. The number of carbonyl (C=O) groups is 1. The maximum atomic E-state index is 13.7. The Morgan fingerprint density at radius 2 is 1.64 bits per heavy atom. The number of hydrogen-bond acceptors (Lipinski definition) is 2. The van der Waals surface area contributed by atoms with Crippen LogP contribution >= 0.6 is 0 Å². The maximum absolute atomic E-state index is 13.7. The molecule has 2 aliphatic rings. The van der Waals surface area contributed by atoms with E-state index in [2.05, 4.69) is 59.3 Å². The molecule has 2 aliphatic carbocycles. The summed E-state index contributed by atoms with van der Waals surface area (Å²) in [5, 5.41) is 4.64. The van der Waals surface area contributed by atoms with Gasteiger partial charge in [0.05, 0.1) is 5.92 Å². The Morgan fingerprint density at radius 3 is 2.41 bits per heavy atom. The van der Waals surface area contributed by atoms with Gasteiger partial charge in [-0.05, 0) is 85.3 Å². The van der Waals surface area contributed by atoms with Gasteiger partial charge in [0.1, 0.15) is 5.65 Å². The Balaban J connectivity index is 1.26. The zero-order valence-corrected chi connectivity index (χ0v) is 23.3. The highest BCUT2D eigenvalue weighted by molar-refractivity contribution is 5.86. The Labute approximate surface area is 232 Å². The van der Waals surface area contributed by atoms with Crippen molar-refractivity contribution in [2.75, 3.05) is 0 Å². The van der Waals surface area contributed by atoms with E-state index in [9.17, 15) is 4.79 Å². The second-order valence-electron chi connectivity index (χ2n) is 11.7. The first-order valence-corrected chi connectivity index (χ1v) is 15.0. The summed E-state index contributed by atoms with van der Waals surface area (Å²) >= 11 is 0. The Bertz CT molecular complexity index is 1410. The summed E-state index contributed by atoms with van der Waals surface area (Å²) in [6, 6.07) is 21.3. The van der Waals surface area contributed by atoms with Gasteiger partial charge in [-0.25, -0.2) is 4.98 Å². The van der Waals surface area contributed by atoms with E-state index in [-0.39, 0.29) is 11.8 Å². The van der Waals surface area contributed by atoms with E-state index in [0.717, 1.165) is 49.0 Å². The van der Waals surface area contributed by atoms with Crippen LogP contribution in [0.1, 0.15) is 90.8 Å². The molecule has 4 nitrogen and oxygen atoms in total. The number of aromatic nitrogens is 2. The van der Waals surface area contributed by atoms with Crippen molar-refractivity contribution in [1.29, 1.82) is 0 Å². The van der Waals surface area contributed by atoms with Crippen LogP contribution in [0.15, 0.2) is 66.9 Å². The number of nitrogens with one attached hydrogen (secondary N) is 1. The Morgan fingerprint density at radius 1 is 0.897 bits per heavy atom. The van der Waals surface area contributed by atoms with Crippen LogP contribution in [0.5, 0.6) is 0 Å². The molecule has 1 amide bonds. The quantitative estimate of drug-likeness (QED) is 0.255. The third-order valence-electron chi connectivity index (χ3n) is 9.10. The first kappa shape index (κ1) is 25.9. The first-order chi connectivity index (χ1) is 19.2. The standard InChI is InChI=1S/C35H41N3O/c1-25-21-22-36-34-32(25)30-15-9-10-16-31(30)38(34)24-27-17-19-29(20-18-27)33(28-13-7-2-3-8-14-28)35(39)37-23-26-11-5-4-6-12-26/h4-6,11-12,17-22,28,33H,2-3,7-10,13-16,23-24H2,1H3,(H,37,39). The van der Waals surface area contributed by atoms with Crippen molar-refractivity contribution in [1.82, 2.24) is 14.9 Å². The molecule has 2 heterocycles. The molecule has 1 N–H and O–H groups in total. The number of rotatable bonds is 7. The van der Waals surface area contributed by atoms with E-state index >= 15 is 0 Å². The molecule has 39 heavy (non-hydrogen) atoms. The van der Waals surface area contributed by atoms with Crippen molar-refractivity contribution in [2.45, 2.75) is 90.1 Å². The van der Waals surface area contributed by atoms with Gasteiger partial charge in [0.15, 0.2) is 0 Å². The molecular formula is C35H41N3O. The number of pyridine rings is 1. The van der Waals surface area contributed by atoms with Crippen molar-refractivity contribution in [2.24, 2.45) is 5.92 Å². The number of carbonyl (C=O) groups excluding carboxylic acids is 1. The van der Waals surface area contributed by atoms with E-state index in [1.165, 1.54) is 66.3 Å². The van der Waals surface area contributed by atoms with Gasteiger partial charge in [0.25, 0.3) is 0 Å². The van der Waals surface area contributed by atoms with Crippen LogP contribution < -0.4 is 5.32 Å². The average molecular weight is 520 g/mol. The van der Waals surface area contributed by atoms with Crippen LogP contribution in [0, 0.1) is 12.8 Å². The topological polar surface area (TPSA) is 46.9 Å². The van der Waals surface area contributed by atoms with E-state index in [1.807, 2.05) is 24.4 Å². The smallest absolute Gasteiger partial charge is 0.228 e. The first-order valence-electron chi connectivity index (χ1n) is 15.0. The summed E-state index contributed by atoms with van der Waals surface area (Å²) in [7, 11) is 0. The number of nitrogens with zero attached hydrogens (tertiary/aromatic N) is 2. The van der Waals surface area contributed by atoms with Crippen molar-refractivity contribution in [3.8, 4) is 0 Å². The minimum absolute atomic E-state index is 0.0923. The fourth-order valence-electron chi connectivity index (χ4n) is 7.07. The van der Waals surface area contributed by atoms with Crippen LogP contribution in [-0.4, -0.2) is 15.5 Å². The van der Waals surface area contributed by atoms with Crippen LogP contribution in [-0.2, 0) is 30.7 Å². The van der Waals surface area contributed by atoms with Gasteiger partial charge in [-0.1, -0.05) is 80.3 Å². The molecule has 1 saturated carbocycles. The van der Waals surface area contributed by atoms with E-state index in [0.29, 0.717) is 12.5 Å². The number of aryl methyl sites for hydroxylation is 2. The highest BCUT2D eigenvalue weighted by Crippen LogP contribution is 2.37. The van der Waals surface area contributed by atoms with Gasteiger partial charge in [0.2, 0.25) is 5.91 Å². The predicted molar refractivity (Wildman–Crippen MR) is 159 cm³/mol. The molecule has 6 rings (SSSR count). The predicted octanol–water partition coefficient (Wildman–Crippen LogP) is 7.64. The zero-order valence-electron chi connectivity index (χ0n) is 23.3. The summed E-state index contributed by atoms with van der Waals surface area (Å²) in [6.45, 7) is 3.63. The highest BCUT2D eigenvalue weighted by atomic mass is 16.1. The molecule has 2 aromatic carbocycles. The maximum Gasteiger partial charge on any atom is 0.228 e. The molecule has 4 aromatic rings. The second-order valence-corrected chi connectivity index (χ2v) is 11.7. The summed E-state index contributed by atoms with van der Waals surface area (Å²) in [5.41, 5.74) is 9.02. The number of amides is 1. The van der Waals surface area contributed by atoms with Crippen LogP contribution in [0.3, 0.4) is 0 Å². The molecule has 1 atom stereocenters. The highest BCUT2D eigenvalue weighted by Gasteiger charge is 2.30. The third-order valence-corrected chi connectivity index (χ3v) is 9.10. The second kappa shape index (κ2) is 11.8. The molecule has 1 unspecified atom stereocenters.